The van der Waals surface area contributed by atoms with Crippen molar-refractivity contribution >= 4 is 33.4 Å². The summed E-state index contributed by atoms with van der Waals surface area (Å²) in [5, 5.41) is 0.460. The fourth-order valence-corrected chi connectivity index (χ4v) is 4.00. The highest BCUT2D eigenvalue weighted by molar-refractivity contribution is 7.89. The molecule has 10 heteroatoms. The molecule has 0 aliphatic carbocycles. The van der Waals surface area contributed by atoms with E-state index in [0.717, 1.165) is 5.56 Å². The van der Waals surface area contributed by atoms with E-state index in [4.69, 9.17) is 16.3 Å². The van der Waals surface area contributed by atoms with Gasteiger partial charge >= 0.3 is 0 Å². The average Bonchev–Trinajstić information content (AvgIpc) is 2.82. The Morgan fingerprint density at radius 3 is 2.39 bits per heavy atom. The number of rotatable bonds is 8. The molecule has 0 saturated carbocycles. The maximum atomic E-state index is 12.6. The number of hydrogen-bond acceptors (Lipinski definition) is 5. The van der Waals surface area contributed by atoms with Crippen LogP contribution < -0.4 is 20.3 Å². The molecule has 0 aliphatic heterocycles. The van der Waals surface area contributed by atoms with Crippen molar-refractivity contribution in [1.82, 2.24) is 15.6 Å². The van der Waals surface area contributed by atoms with Crippen LogP contribution in [0.2, 0.25) is 5.02 Å². The predicted octanol–water partition coefficient (Wildman–Crippen LogP) is 3.05. The van der Waals surface area contributed by atoms with Gasteiger partial charge in [-0.05, 0) is 48.9 Å². The molecule has 3 rings (SSSR count). The van der Waals surface area contributed by atoms with E-state index >= 15 is 0 Å². The molecule has 1 atom stereocenters. The summed E-state index contributed by atoms with van der Waals surface area (Å²) in [5.74, 6) is -0.882. The van der Waals surface area contributed by atoms with Gasteiger partial charge in [-0.15, -0.1) is 0 Å². The van der Waals surface area contributed by atoms with Crippen molar-refractivity contribution in [2.45, 2.75) is 24.5 Å². The van der Waals surface area contributed by atoms with Crippen LogP contribution in [0.5, 0.6) is 5.75 Å². The van der Waals surface area contributed by atoms with Crippen molar-refractivity contribution in [1.29, 1.82) is 0 Å². The Morgan fingerprint density at radius 1 is 0.939 bits per heavy atom. The van der Waals surface area contributed by atoms with Crippen molar-refractivity contribution in [2.75, 3.05) is 0 Å². The van der Waals surface area contributed by atoms with Gasteiger partial charge in [-0.1, -0.05) is 54.1 Å². The van der Waals surface area contributed by atoms with E-state index in [1.165, 1.54) is 31.2 Å². The van der Waals surface area contributed by atoms with E-state index in [1.54, 1.807) is 36.4 Å². The molecule has 33 heavy (non-hydrogen) atoms. The predicted molar refractivity (Wildman–Crippen MR) is 124 cm³/mol. The Labute approximate surface area is 196 Å². The fourth-order valence-electron chi connectivity index (χ4n) is 2.75. The molecule has 0 aromatic heterocycles. The van der Waals surface area contributed by atoms with Gasteiger partial charge in [-0.3, -0.25) is 20.4 Å². The van der Waals surface area contributed by atoms with Crippen molar-refractivity contribution in [3.05, 3.63) is 95.0 Å². The zero-order valence-corrected chi connectivity index (χ0v) is 19.2. The minimum Gasteiger partial charge on any atom is -0.481 e. The number of amides is 2. The molecular formula is C23H22ClN3O5S. The summed E-state index contributed by atoms with van der Waals surface area (Å²) in [7, 11) is -3.85. The Balaban J connectivity index is 1.58. The van der Waals surface area contributed by atoms with Crippen LogP contribution in [-0.4, -0.2) is 26.3 Å². The van der Waals surface area contributed by atoms with Crippen LogP contribution in [0, 0.1) is 0 Å². The first-order chi connectivity index (χ1) is 15.7. The third-order valence-electron chi connectivity index (χ3n) is 4.49. The first kappa shape index (κ1) is 24.2. The van der Waals surface area contributed by atoms with Crippen LogP contribution in [0.3, 0.4) is 0 Å². The molecule has 0 bridgehead atoms. The van der Waals surface area contributed by atoms with Crippen molar-refractivity contribution in [3.63, 3.8) is 0 Å². The highest BCUT2D eigenvalue weighted by Crippen LogP contribution is 2.18. The normalized spacial score (nSPS) is 11.9. The molecule has 3 aromatic carbocycles. The van der Waals surface area contributed by atoms with Crippen LogP contribution in [0.15, 0.2) is 83.8 Å². The zero-order chi connectivity index (χ0) is 23.8. The number of carbonyl (C=O) groups is 2. The molecule has 2 amide bonds. The summed E-state index contributed by atoms with van der Waals surface area (Å²) in [4.78, 5) is 24.6. The lowest BCUT2D eigenvalue weighted by atomic mass is 10.2. The SMILES string of the molecule is CC(Oc1cccc(Cl)c1)C(=O)NNC(=O)c1cccc(S(=O)(=O)NCc2ccccc2)c1. The molecular weight excluding hydrogens is 466 g/mol. The standard InChI is InChI=1S/C23H22ClN3O5S/c1-16(32-20-11-6-10-19(24)14-20)22(28)26-27-23(29)18-9-5-12-21(13-18)33(30,31)25-15-17-7-3-2-4-8-17/h2-14,16,25H,15H2,1H3,(H,26,28)(H,27,29). The van der Waals surface area contributed by atoms with E-state index in [0.29, 0.717) is 10.8 Å². The second-order valence-corrected chi connectivity index (χ2v) is 9.20. The first-order valence-corrected chi connectivity index (χ1v) is 11.8. The van der Waals surface area contributed by atoms with Crippen LogP contribution in [0.4, 0.5) is 0 Å². The molecule has 8 nitrogen and oxygen atoms in total. The molecule has 172 valence electrons. The number of hydrogen-bond donors (Lipinski definition) is 3. The van der Waals surface area contributed by atoms with E-state index in [2.05, 4.69) is 15.6 Å². The van der Waals surface area contributed by atoms with Crippen molar-refractivity contribution in [3.8, 4) is 5.75 Å². The van der Waals surface area contributed by atoms with Crippen molar-refractivity contribution < 1.29 is 22.7 Å². The number of ether oxygens (including phenoxy) is 1. The molecule has 0 radical (unpaired) electrons. The molecule has 1 unspecified atom stereocenters. The Bertz CT molecular complexity index is 1240. The molecule has 0 spiro atoms. The van der Waals surface area contributed by atoms with Gasteiger partial charge in [-0.25, -0.2) is 13.1 Å². The summed E-state index contributed by atoms with van der Waals surface area (Å²) in [6, 6.07) is 21.1. The second kappa shape index (κ2) is 11.0. The van der Waals surface area contributed by atoms with E-state index in [9.17, 15) is 18.0 Å². The van der Waals surface area contributed by atoms with Gasteiger partial charge in [-0.2, -0.15) is 0 Å². The highest BCUT2D eigenvalue weighted by Gasteiger charge is 2.18. The van der Waals surface area contributed by atoms with Crippen LogP contribution >= 0.6 is 11.6 Å². The molecule has 3 aromatic rings. The largest absolute Gasteiger partial charge is 0.481 e. The number of nitrogens with one attached hydrogen (secondary N) is 3. The number of sulfonamides is 1. The van der Waals surface area contributed by atoms with Crippen LogP contribution in [0.25, 0.3) is 0 Å². The van der Waals surface area contributed by atoms with E-state index in [-0.39, 0.29) is 17.0 Å². The zero-order valence-electron chi connectivity index (χ0n) is 17.6. The number of benzene rings is 3. The summed E-state index contributed by atoms with van der Waals surface area (Å²) >= 11 is 5.89. The van der Waals surface area contributed by atoms with Gasteiger partial charge in [0.05, 0.1) is 4.90 Å². The molecule has 3 N–H and O–H groups in total. The monoisotopic (exact) mass is 487 g/mol. The van der Waals surface area contributed by atoms with E-state index in [1.807, 2.05) is 18.2 Å². The summed E-state index contributed by atoms with van der Waals surface area (Å²) in [6.45, 7) is 1.62. The quantitative estimate of drug-likeness (QED) is 0.423. The third kappa shape index (κ3) is 7.04. The molecule has 0 saturated heterocycles. The number of halogens is 1. The maximum Gasteiger partial charge on any atom is 0.279 e. The summed E-state index contributed by atoms with van der Waals surface area (Å²) in [6.07, 6.45) is -0.919. The lowest BCUT2D eigenvalue weighted by molar-refractivity contribution is -0.128. The number of hydrazine groups is 1. The lowest BCUT2D eigenvalue weighted by Gasteiger charge is -2.15. The Hall–Kier alpha value is -3.40. The topological polar surface area (TPSA) is 114 Å². The second-order valence-electron chi connectivity index (χ2n) is 7.00. The molecule has 0 heterocycles. The summed E-state index contributed by atoms with van der Waals surface area (Å²) < 4.78 is 33.2. The smallest absolute Gasteiger partial charge is 0.279 e. The molecule has 0 fully saturated rings. The average molecular weight is 488 g/mol. The minimum absolute atomic E-state index is 0.0568. The highest BCUT2D eigenvalue weighted by atomic mass is 35.5. The van der Waals surface area contributed by atoms with Crippen LogP contribution in [0.1, 0.15) is 22.8 Å². The fraction of sp³-hybridized carbons (Fsp3) is 0.130. The van der Waals surface area contributed by atoms with Gasteiger partial charge in [0.2, 0.25) is 10.0 Å². The van der Waals surface area contributed by atoms with Gasteiger partial charge < -0.3 is 4.74 Å². The van der Waals surface area contributed by atoms with Gasteiger partial charge in [0.15, 0.2) is 6.10 Å². The lowest BCUT2D eigenvalue weighted by Crippen LogP contribution is -2.47. The minimum atomic E-state index is -3.85. The molecule has 0 aliphatic rings. The van der Waals surface area contributed by atoms with Gasteiger partial charge in [0.1, 0.15) is 5.75 Å². The van der Waals surface area contributed by atoms with E-state index < -0.39 is 27.9 Å². The Kier molecular flexibility index (Phi) is 8.05. The Morgan fingerprint density at radius 2 is 1.67 bits per heavy atom. The van der Waals surface area contributed by atoms with Crippen molar-refractivity contribution in [2.24, 2.45) is 0 Å². The maximum absolute atomic E-state index is 12.6. The number of carbonyl (C=O) groups excluding carboxylic acids is 2. The van der Waals surface area contributed by atoms with Gasteiger partial charge in [0.25, 0.3) is 11.8 Å². The summed E-state index contributed by atoms with van der Waals surface area (Å²) in [5.41, 5.74) is 5.37. The first-order valence-electron chi connectivity index (χ1n) is 9.91. The van der Waals surface area contributed by atoms with Crippen LogP contribution in [-0.2, 0) is 21.4 Å². The third-order valence-corrected chi connectivity index (χ3v) is 6.13. The van der Waals surface area contributed by atoms with Gasteiger partial charge in [0, 0.05) is 17.1 Å².